The van der Waals surface area contributed by atoms with Crippen LogP contribution in [0.25, 0.3) is 0 Å². The number of hydrogen-bond donors (Lipinski definition) is 0. The first-order chi connectivity index (χ1) is 15.8. The Hall–Kier alpha value is -3.18. The third-order valence-corrected chi connectivity index (χ3v) is 7.08. The van der Waals surface area contributed by atoms with Crippen LogP contribution < -0.4 is 9.47 Å². The number of ether oxygens (including phenoxy) is 2. The number of hydrogen-bond acceptors (Lipinski definition) is 5. The van der Waals surface area contributed by atoms with E-state index in [0.29, 0.717) is 24.0 Å². The van der Waals surface area contributed by atoms with Crippen LogP contribution >= 0.6 is 0 Å². The maximum atomic E-state index is 12.4. The minimum Gasteiger partial charge on any atom is -0.478 e. The van der Waals surface area contributed by atoms with Gasteiger partial charge in [0.2, 0.25) is 0 Å². The highest BCUT2D eigenvalue weighted by molar-refractivity contribution is 5.90. The summed E-state index contributed by atoms with van der Waals surface area (Å²) in [7, 11) is 0. The summed E-state index contributed by atoms with van der Waals surface area (Å²) in [6.07, 6.45) is 4.19. The molecule has 2 aromatic carbocycles. The molecule has 2 unspecified atom stereocenters. The third kappa shape index (κ3) is 5.25. The van der Waals surface area contributed by atoms with Gasteiger partial charge in [-0.2, -0.15) is 0 Å². The average molecular weight is 445 g/mol. The van der Waals surface area contributed by atoms with Gasteiger partial charge in [0.05, 0.1) is 5.56 Å². The molecule has 1 aliphatic heterocycles. The molecule has 2 atom stereocenters. The van der Waals surface area contributed by atoms with Crippen LogP contribution in [0.15, 0.2) is 67.0 Å². The van der Waals surface area contributed by atoms with Crippen molar-refractivity contribution in [2.75, 3.05) is 19.8 Å². The average Bonchev–Trinajstić information content (AvgIpc) is 2.83. The molecule has 1 fully saturated rings. The third-order valence-electron chi connectivity index (χ3n) is 7.08. The first kappa shape index (κ1) is 23.0. The van der Waals surface area contributed by atoms with Crippen LogP contribution in [-0.2, 0) is 5.41 Å². The van der Waals surface area contributed by atoms with Gasteiger partial charge in [-0.15, -0.1) is 0 Å². The van der Waals surface area contributed by atoms with Crippen LogP contribution in [0, 0.1) is 19.8 Å². The maximum Gasteiger partial charge on any atom is 0.343 e. The lowest BCUT2D eigenvalue weighted by Crippen LogP contribution is -2.48. The van der Waals surface area contributed by atoms with Crippen molar-refractivity contribution in [3.63, 3.8) is 0 Å². The molecule has 4 rings (SSSR count). The first-order valence-electron chi connectivity index (χ1n) is 11.5. The van der Waals surface area contributed by atoms with E-state index in [1.807, 2.05) is 24.3 Å². The van der Waals surface area contributed by atoms with Gasteiger partial charge in [-0.25, -0.2) is 4.79 Å². The van der Waals surface area contributed by atoms with E-state index in [1.54, 1.807) is 24.5 Å². The normalized spacial score (nSPS) is 20.9. The van der Waals surface area contributed by atoms with Gasteiger partial charge < -0.3 is 9.47 Å². The van der Waals surface area contributed by atoms with Gasteiger partial charge in [0.25, 0.3) is 0 Å². The quantitative estimate of drug-likeness (QED) is 0.368. The largest absolute Gasteiger partial charge is 0.478 e. The molecule has 0 bridgehead atoms. The van der Waals surface area contributed by atoms with Gasteiger partial charge in [-0.1, -0.05) is 32.0 Å². The predicted octanol–water partition coefficient (Wildman–Crippen LogP) is 5.55. The van der Waals surface area contributed by atoms with Crippen LogP contribution in [0.2, 0.25) is 0 Å². The number of rotatable bonds is 6. The molecule has 0 amide bonds. The highest BCUT2D eigenvalue weighted by atomic mass is 16.5. The molecule has 0 aliphatic carbocycles. The topological polar surface area (TPSA) is 51.7 Å². The second kappa shape index (κ2) is 9.75. The number of esters is 1. The molecule has 33 heavy (non-hydrogen) atoms. The van der Waals surface area contributed by atoms with E-state index in [0.717, 1.165) is 25.3 Å². The molecule has 2 heterocycles. The van der Waals surface area contributed by atoms with Gasteiger partial charge in [0.1, 0.15) is 18.2 Å². The fourth-order valence-corrected chi connectivity index (χ4v) is 4.40. The van der Waals surface area contributed by atoms with Crippen molar-refractivity contribution in [2.24, 2.45) is 5.92 Å². The van der Waals surface area contributed by atoms with Crippen molar-refractivity contribution in [3.05, 3.63) is 89.2 Å². The SMILES string of the molecule is Cc1ccc(OCN2CCC(C)(c3cccc(OC(=O)c4ccncc4)c3)C(C)C2)cc1C. The Balaban J connectivity index is 1.39. The van der Waals surface area contributed by atoms with Crippen LogP contribution in [0.3, 0.4) is 0 Å². The van der Waals surface area contributed by atoms with Crippen LogP contribution in [-0.4, -0.2) is 35.7 Å². The zero-order chi connectivity index (χ0) is 23.4. The van der Waals surface area contributed by atoms with Crippen molar-refractivity contribution in [1.82, 2.24) is 9.88 Å². The Bertz CT molecular complexity index is 1120. The van der Waals surface area contributed by atoms with Gasteiger partial charge in [0.15, 0.2) is 0 Å². The van der Waals surface area contributed by atoms with Crippen LogP contribution in [0.1, 0.15) is 47.3 Å². The lowest BCUT2D eigenvalue weighted by Gasteiger charge is -2.45. The number of aromatic nitrogens is 1. The van der Waals surface area contributed by atoms with Gasteiger partial charge in [0, 0.05) is 25.5 Å². The lowest BCUT2D eigenvalue weighted by molar-refractivity contribution is 0.0486. The summed E-state index contributed by atoms with van der Waals surface area (Å²) in [6, 6.07) is 17.5. The Morgan fingerprint density at radius 2 is 1.85 bits per heavy atom. The molecule has 0 saturated carbocycles. The molecule has 3 aromatic rings. The molecule has 1 aliphatic rings. The number of benzene rings is 2. The van der Waals surface area contributed by atoms with Crippen LogP contribution in [0.5, 0.6) is 11.5 Å². The Kier molecular flexibility index (Phi) is 6.80. The number of pyridine rings is 1. The number of carbonyl (C=O) groups excluding carboxylic acids is 1. The van der Waals surface area contributed by atoms with Crippen molar-refractivity contribution < 1.29 is 14.3 Å². The number of nitrogens with zero attached hydrogens (tertiary/aromatic N) is 2. The second-order valence-corrected chi connectivity index (χ2v) is 9.32. The van der Waals surface area contributed by atoms with E-state index in [2.05, 4.69) is 55.8 Å². The van der Waals surface area contributed by atoms with Gasteiger partial charge in [-0.3, -0.25) is 9.88 Å². The first-order valence-corrected chi connectivity index (χ1v) is 11.5. The summed E-state index contributed by atoms with van der Waals surface area (Å²) < 4.78 is 11.7. The fraction of sp³-hybridized carbons (Fsp3) is 0.357. The highest BCUT2D eigenvalue weighted by Crippen LogP contribution is 2.40. The van der Waals surface area contributed by atoms with Crippen LogP contribution in [0.4, 0.5) is 0 Å². The highest BCUT2D eigenvalue weighted by Gasteiger charge is 2.38. The van der Waals surface area contributed by atoms with Gasteiger partial charge >= 0.3 is 5.97 Å². The van der Waals surface area contributed by atoms with E-state index in [9.17, 15) is 4.79 Å². The van der Waals surface area contributed by atoms with E-state index >= 15 is 0 Å². The molecule has 0 spiro atoms. The van der Waals surface area contributed by atoms with Crippen molar-refractivity contribution in [3.8, 4) is 11.5 Å². The number of aryl methyl sites for hydroxylation is 2. The summed E-state index contributed by atoms with van der Waals surface area (Å²) in [5, 5.41) is 0. The summed E-state index contributed by atoms with van der Waals surface area (Å²) in [6.45, 7) is 11.3. The number of likely N-dealkylation sites (tertiary alicyclic amines) is 1. The summed E-state index contributed by atoms with van der Waals surface area (Å²) in [5.41, 5.74) is 4.21. The van der Waals surface area contributed by atoms with Crippen molar-refractivity contribution in [1.29, 1.82) is 0 Å². The fourth-order valence-electron chi connectivity index (χ4n) is 4.40. The van der Waals surface area contributed by atoms with Gasteiger partial charge in [-0.05, 0) is 84.7 Å². The summed E-state index contributed by atoms with van der Waals surface area (Å²) >= 11 is 0. The standard InChI is InChI=1S/C28H32N2O3/c1-20-8-9-25(16-21(20)2)32-19-30-15-12-28(4,22(3)18-30)24-6-5-7-26(17-24)33-27(31)23-10-13-29-14-11-23/h5-11,13-14,16-17,22H,12,15,18-19H2,1-4H3. The minimum atomic E-state index is -0.369. The molecular formula is C28H32N2O3. The molecule has 0 radical (unpaired) electrons. The zero-order valence-electron chi connectivity index (χ0n) is 19.9. The summed E-state index contributed by atoms with van der Waals surface area (Å²) in [4.78, 5) is 18.8. The Labute approximate surface area is 196 Å². The monoisotopic (exact) mass is 444 g/mol. The Morgan fingerprint density at radius 1 is 1.06 bits per heavy atom. The van der Waals surface area contributed by atoms with Crippen molar-refractivity contribution in [2.45, 2.75) is 39.5 Å². The maximum absolute atomic E-state index is 12.4. The smallest absolute Gasteiger partial charge is 0.343 e. The number of carbonyl (C=O) groups is 1. The van der Waals surface area contributed by atoms with E-state index in [-0.39, 0.29) is 11.4 Å². The van der Waals surface area contributed by atoms with E-state index in [1.165, 1.54) is 16.7 Å². The zero-order valence-corrected chi connectivity index (χ0v) is 19.9. The van der Waals surface area contributed by atoms with E-state index in [4.69, 9.17) is 9.47 Å². The Morgan fingerprint density at radius 3 is 2.58 bits per heavy atom. The molecule has 5 nitrogen and oxygen atoms in total. The van der Waals surface area contributed by atoms with Crippen molar-refractivity contribution >= 4 is 5.97 Å². The molecule has 5 heteroatoms. The second-order valence-electron chi connectivity index (χ2n) is 9.32. The lowest BCUT2D eigenvalue weighted by atomic mass is 9.68. The summed E-state index contributed by atoms with van der Waals surface area (Å²) in [5.74, 6) is 1.54. The number of piperidine rings is 1. The molecule has 0 N–H and O–H groups in total. The molecule has 172 valence electrons. The predicted molar refractivity (Wildman–Crippen MR) is 130 cm³/mol. The minimum absolute atomic E-state index is 0.00394. The molecule has 1 aromatic heterocycles. The molecular weight excluding hydrogens is 412 g/mol. The molecule has 1 saturated heterocycles. The van der Waals surface area contributed by atoms with E-state index < -0.39 is 0 Å².